The van der Waals surface area contributed by atoms with Crippen molar-refractivity contribution < 1.29 is 4.79 Å². The number of rotatable bonds is 5. The molecule has 0 aliphatic heterocycles. The summed E-state index contributed by atoms with van der Waals surface area (Å²) in [4.78, 5) is 18.6. The highest BCUT2D eigenvalue weighted by Crippen LogP contribution is 2.18. The van der Waals surface area contributed by atoms with Crippen LogP contribution in [0.3, 0.4) is 0 Å². The maximum Gasteiger partial charge on any atom is 0.276 e. The van der Waals surface area contributed by atoms with Crippen LogP contribution < -0.4 is 5.32 Å². The highest BCUT2D eigenvalue weighted by atomic mass is 16.1. The van der Waals surface area contributed by atoms with Crippen LogP contribution in [0.1, 0.15) is 10.5 Å². The number of likely N-dealkylation sites (N-methyl/N-ethyl adjacent to an activating group) is 1. The summed E-state index contributed by atoms with van der Waals surface area (Å²) in [6.07, 6.45) is 3.57. The van der Waals surface area contributed by atoms with Crippen LogP contribution in [0.5, 0.6) is 0 Å². The van der Waals surface area contributed by atoms with Crippen LogP contribution >= 0.6 is 0 Å². The number of anilines is 1. The second-order valence-electron chi connectivity index (χ2n) is 5.78. The average molecular weight is 312 g/mol. The molecule has 1 amide bonds. The lowest BCUT2D eigenvalue weighted by Gasteiger charge is -2.08. The fourth-order valence-corrected chi connectivity index (χ4v) is 2.31. The Hall–Kier alpha value is -2.67. The molecule has 7 nitrogen and oxygen atoms in total. The van der Waals surface area contributed by atoms with Gasteiger partial charge in [-0.1, -0.05) is 0 Å². The van der Waals surface area contributed by atoms with Gasteiger partial charge >= 0.3 is 0 Å². The van der Waals surface area contributed by atoms with E-state index in [1.54, 1.807) is 17.1 Å². The van der Waals surface area contributed by atoms with Gasteiger partial charge in [-0.05, 0) is 38.4 Å². The van der Waals surface area contributed by atoms with E-state index in [-0.39, 0.29) is 5.91 Å². The molecule has 0 unspecified atom stereocenters. The normalized spacial score (nSPS) is 11.3. The van der Waals surface area contributed by atoms with Crippen molar-refractivity contribution >= 4 is 22.6 Å². The number of carbonyl (C=O) groups is 1. The van der Waals surface area contributed by atoms with Crippen molar-refractivity contribution in [1.82, 2.24) is 24.2 Å². The van der Waals surface area contributed by atoms with Crippen LogP contribution in [0.2, 0.25) is 0 Å². The maximum atomic E-state index is 12.3. The summed E-state index contributed by atoms with van der Waals surface area (Å²) in [5.74, 6) is -0.213. The number of hydrogen-bond donors (Lipinski definition) is 1. The number of benzene rings is 1. The number of aromatic nitrogens is 4. The number of aryl methyl sites for hydroxylation is 1. The Morgan fingerprint density at radius 2 is 2.13 bits per heavy atom. The number of carbonyl (C=O) groups excluding carboxylic acids is 1. The maximum absolute atomic E-state index is 12.3. The molecule has 0 atom stereocenters. The van der Waals surface area contributed by atoms with Crippen molar-refractivity contribution in [3.63, 3.8) is 0 Å². The summed E-state index contributed by atoms with van der Waals surface area (Å²) in [6, 6.07) is 7.37. The zero-order valence-electron chi connectivity index (χ0n) is 13.5. The molecular formula is C16H20N6O. The number of amides is 1. The predicted molar refractivity (Wildman–Crippen MR) is 89.4 cm³/mol. The van der Waals surface area contributed by atoms with Gasteiger partial charge in [0.1, 0.15) is 0 Å². The van der Waals surface area contributed by atoms with Gasteiger partial charge in [0.15, 0.2) is 5.69 Å². The second-order valence-corrected chi connectivity index (χ2v) is 5.78. The Kier molecular flexibility index (Phi) is 4.12. The summed E-state index contributed by atoms with van der Waals surface area (Å²) < 4.78 is 3.69. The van der Waals surface area contributed by atoms with Crippen molar-refractivity contribution in [2.24, 2.45) is 7.05 Å². The fourth-order valence-electron chi connectivity index (χ4n) is 2.31. The summed E-state index contributed by atoms with van der Waals surface area (Å²) in [7, 11) is 5.94. The zero-order valence-corrected chi connectivity index (χ0v) is 13.5. The van der Waals surface area contributed by atoms with Crippen molar-refractivity contribution in [3.05, 3.63) is 42.5 Å². The molecule has 7 heteroatoms. The Bertz CT molecular complexity index is 832. The predicted octanol–water partition coefficient (Wildman–Crippen LogP) is 1.58. The Balaban J connectivity index is 1.71. The third-order valence-electron chi connectivity index (χ3n) is 3.63. The van der Waals surface area contributed by atoms with Crippen LogP contribution in [-0.2, 0) is 13.6 Å². The number of nitrogens with zero attached hydrogens (tertiary/aromatic N) is 5. The molecule has 0 spiro atoms. The van der Waals surface area contributed by atoms with Gasteiger partial charge in [-0.15, -0.1) is 0 Å². The molecule has 0 saturated carbocycles. The fraction of sp³-hybridized carbons (Fsp3) is 0.312. The molecule has 1 N–H and O–H groups in total. The second kappa shape index (κ2) is 6.21. The van der Waals surface area contributed by atoms with Crippen molar-refractivity contribution in [2.75, 3.05) is 26.0 Å². The highest BCUT2D eigenvalue weighted by Gasteiger charge is 2.11. The molecule has 2 heterocycles. The van der Waals surface area contributed by atoms with Gasteiger partial charge in [-0.2, -0.15) is 5.10 Å². The number of hydrogen-bond acceptors (Lipinski definition) is 4. The molecule has 0 aliphatic rings. The number of imidazole rings is 1. The number of nitrogens with one attached hydrogen (secondary N) is 1. The first kappa shape index (κ1) is 15.2. The minimum atomic E-state index is -0.213. The summed E-state index contributed by atoms with van der Waals surface area (Å²) in [6.45, 7) is 1.63. The molecule has 3 rings (SSSR count). The Labute approximate surface area is 134 Å². The van der Waals surface area contributed by atoms with E-state index in [1.165, 1.54) is 0 Å². The van der Waals surface area contributed by atoms with E-state index in [1.807, 2.05) is 50.1 Å². The lowest BCUT2D eigenvalue weighted by atomic mass is 10.2. The van der Waals surface area contributed by atoms with E-state index in [0.29, 0.717) is 5.69 Å². The standard InChI is InChI=1S/C16H20N6O/c1-20(2)8-9-22-7-6-14(19-22)16(23)18-12-4-5-13-15(10-12)21(3)11-17-13/h4-7,10-11H,8-9H2,1-3H3,(H,18,23). The molecular weight excluding hydrogens is 292 g/mol. The van der Waals surface area contributed by atoms with Gasteiger partial charge in [0.05, 0.1) is 23.9 Å². The first-order valence-corrected chi connectivity index (χ1v) is 7.43. The highest BCUT2D eigenvalue weighted by molar-refractivity contribution is 6.03. The number of fused-ring (bicyclic) bond motifs is 1. The molecule has 0 aliphatic carbocycles. The van der Waals surface area contributed by atoms with Gasteiger partial charge in [-0.3, -0.25) is 9.48 Å². The monoisotopic (exact) mass is 312 g/mol. The van der Waals surface area contributed by atoms with Gasteiger partial charge < -0.3 is 14.8 Å². The lowest BCUT2D eigenvalue weighted by molar-refractivity contribution is 0.102. The van der Waals surface area contributed by atoms with E-state index in [0.717, 1.165) is 29.8 Å². The summed E-state index contributed by atoms with van der Waals surface area (Å²) in [5, 5.41) is 7.19. The van der Waals surface area contributed by atoms with Crippen LogP contribution in [0.15, 0.2) is 36.8 Å². The molecule has 120 valence electrons. The molecule has 0 saturated heterocycles. The minimum absolute atomic E-state index is 0.213. The summed E-state index contributed by atoms with van der Waals surface area (Å²) >= 11 is 0. The minimum Gasteiger partial charge on any atom is -0.334 e. The van der Waals surface area contributed by atoms with Crippen LogP contribution in [0.4, 0.5) is 5.69 Å². The van der Waals surface area contributed by atoms with Crippen LogP contribution in [0, 0.1) is 0 Å². The smallest absolute Gasteiger partial charge is 0.276 e. The van der Waals surface area contributed by atoms with Crippen molar-refractivity contribution in [2.45, 2.75) is 6.54 Å². The quantitative estimate of drug-likeness (QED) is 0.777. The molecule has 23 heavy (non-hydrogen) atoms. The van der Waals surface area contributed by atoms with Crippen molar-refractivity contribution in [3.8, 4) is 0 Å². The zero-order chi connectivity index (χ0) is 16.4. The van der Waals surface area contributed by atoms with Crippen LogP contribution in [0.25, 0.3) is 11.0 Å². The van der Waals surface area contributed by atoms with Gasteiger partial charge in [0.2, 0.25) is 0 Å². The first-order valence-electron chi connectivity index (χ1n) is 7.43. The first-order chi connectivity index (χ1) is 11.0. The molecule has 1 aromatic carbocycles. The SMILES string of the molecule is CN(C)CCn1ccc(C(=O)Nc2ccc3ncn(C)c3c2)n1. The van der Waals surface area contributed by atoms with E-state index in [4.69, 9.17) is 0 Å². The molecule has 3 aromatic rings. The average Bonchev–Trinajstić information content (AvgIpc) is 3.13. The molecule has 2 aromatic heterocycles. The van der Waals surface area contributed by atoms with Crippen LogP contribution in [-0.4, -0.2) is 50.8 Å². The largest absolute Gasteiger partial charge is 0.334 e. The topological polar surface area (TPSA) is 68.0 Å². The Morgan fingerprint density at radius 3 is 2.91 bits per heavy atom. The van der Waals surface area contributed by atoms with Gasteiger partial charge in [0.25, 0.3) is 5.91 Å². The third kappa shape index (κ3) is 3.40. The van der Waals surface area contributed by atoms with E-state index in [2.05, 4.69) is 20.3 Å². The van der Waals surface area contributed by atoms with E-state index < -0.39 is 0 Å². The van der Waals surface area contributed by atoms with Gasteiger partial charge in [-0.25, -0.2) is 4.98 Å². The third-order valence-corrected chi connectivity index (χ3v) is 3.63. The Morgan fingerprint density at radius 1 is 1.30 bits per heavy atom. The van der Waals surface area contributed by atoms with Crippen molar-refractivity contribution in [1.29, 1.82) is 0 Å². The van der Waals surface area contributed by atoms with E-state index >= 15 is 0 Å². The summed E-state index contributed by atoms with van der Waals surface area (Å²) in [5.41, 5.74) is 3.01. The lowest BCUT2D eigenvalue weighted by Crippen LogP contribution is -2.19. The van der Waals surface area contributed by atoms with Gasteiger partial charge in [0, 0.05) is 25.5 Å². The molecule has 0 fully saturated rings. The van der Waals surface area contributed by atoms with E-state index in [9.17, 15) is 4.79 Å². The molecule has 0 bridgehead atoms. The molecule has 0 radical (unpaired) electrons.